The molecule has 2 aromatic carbocycles. The van der Waals surface area contributed by atoms with E-state index in [1.807, 2.05) is 32.0 Å². The molecule has 138 valence electrons. The summed E-state index contributed by atoms with van der Waals surface area (Å²) in [5.41, 5.74) is 2.59. The van der Waals surface area contributed by atoms with E-state index in [4.69, 9.17) is 16.3 Å². The maximum Gasteiger partial charge on any atom is 0.261 e. The predicted molar refractivity (Wildman–Crippen MR) is 107 cm³/mol. The highest BCUT2D eigenvalue weighted by Crippen LogP contribution is 2.26. The monoisotopic (exact) mass is 438 g/mol. The Balaban J connectivity index is 1.87. The lowest BCUT2D eigenvalue weighted by Crippen LogP contribution is -2.40. The van der Waals surface area contributed by atoms with Crippen molar-refractivity contribution < 1.29 is 14.3 Å². The zero-order chi connectivity index (χ0) is 19.3. The SMILES string of the molecule is Cc1ccc(Cl)c(OC(C)C(=O)NCC(=O)Nc2ccc(Br)cc2C)c1. The van der Waals surface area contributed by atoms with Crippen LogP contribution in [0.1, 0.15) is 18.1 Å². The van der Waals surface area contributed by atoms with Crippen LogP contribution in [0.25, 0.3) is 0 Å². The minimum Gasteiger partial charge on any atom is -0.479 e. The van der Waals surface area contributed by atoms with E-state index in [0.717, 1.165) is 15.6 Å². The Morgan fingerprint density at radius 3 is 2.62 bits per heavy atom. The van der Waals surface area contributed by atoms with Crippen molar-refractivity contribution in [3.8, 4) is 5.75 Å². The van der Waals surface area contributed by atoms with Crippen LogP contribution in [0.3, 0.4) is 0 Å². The van der Waals surface area contributed by atoms with Crippen LogP contribution in [0, 0.1) is 13.8 Å². The summed E-state index contributed by atoms with van der Waals surface area (Å²) in [6.45, 7) is 5.25. The third-order valence-corrected chi connectivity index (χ3v) is 4.45. The van der Waals surface area contributed by atoms with Gasteiger partial charge in [0.25, 0.3) is 5.91 Å². The van der Waals surface area contributed by atoms with Crippen LogP contribution in [-0.4, -0.2) is 24.5 Å². The second kappa shape index (κ2) is 9.05. The van der Waals surface area contributed by atoms with Gasteiger partial charge in [-0.1, -0.05) is 33.6 Å². The molecule has 5 nitrogen and oxygen atoms in total. The predicted octanol–water partition coefficient (Wildman–Crippen LogP) is 4.24. The molecule has 0 saturated carbocycles. The van der Waals surface area contributed by atoms with Crippen LogP contribution in [0.4, 0.5) is 5.69 Å². The molecule has 0 bridgehead atoms. The highest BCUT2D eigenvalue weighted by atomic mass is 79.9. The third kappa shape index (κ3) is 5.75. The molecule has 0 saturated heterocycles. The van der Waals surface area contributed by atoms with E-state index < -0.39 is 12.0 Å². The summed E-state index contributed by atoms with van der Waals surface area (Å²) in [5, 5.41) is 5.75. The summed E-state index contributed by atoms with van der Waals surface area (Å²) in [6.07, 6.45) is -0.781. The van der Waals surface area contributed by atoms with E-state index in [2.05, 4.69) is 26.6 Å². The second-order valence-corrected chi connectivity index (χ2v) is 7.24. The normalized spacial score (nSPS) is 11.6. The summed E-state index contributed by atoms with van der Waals surface area (Å²) in [4.78, 5) is 24.2. The van der Waals surface area contributed by atoms with Crippen molar-refractivity contribution in [2.24, 2.45) is 0 Å². The number of carbonyl (C=O) groups is 2. The summed E-state index contributed by atoms with van der Waals surface area (Å²) in [6, 6.07) is 10.9. The molecule has 2 aromatic rings. The van der Waals surface area contributed by atoms with Gasteiger partial charge in [0.1, 0.15) is 5.75 Å². The Kier molecular flexibility index (Phi) is 7.06. The number of aryl methyl sites for hydroxylation is 2. The van der Waals surface area contributed by atoms with E-state index in [-0.39, 0.29) is 12.5 Å². The molecule has 7 heteroatoms. The molecule has 0 heterocycles. The molecule has 0 aliphatic heterocycles. The molecular weight excluding hydrogens is 420 g/mol. The van der Waals surface area contributed by atoms with Crippen molar-refractivity contribution in [2.75, 3.05) is 11.9 Å². The second-order valence-electron chi connectivity index (χ2n) is 5.92. The summed E-state index contributed by atoms with van der Waals surface area (Å²) < 4.78 is 6.52. The van der Waals surface area contributed by atoms with Crippen molar-refractivity contribution in [1.29, 1.82) is 0 Å². The van der Waals surface area contributed by atoms with Gasteiger partial charge >= 0.3 is 0 Å². The van der Waals surface area contributed by atoms with Crippen LogP contribution in [0.5, 0.6) is 5.75 Å². The lowest BCUT2D eigenvalue weighted by molar-refractivity contribution is -0.129. The standard InChI is InChI=1S/C19H20BrClN2O3/c1-11-4-6-15(21)17(8-11)26-13(3)19(25)22-10-18(24)23-16-7-5-14(20)9-12(16)2/h4-9,13H,10H2,1-3H3,(H,22,25)(H,23,24). The van der Waals surface area contributed by atoms with Crippen molar-refractivity contribution >= 4 is 45.0 Å². The molecule has 2 rings (SSSR count). The Labute approximate surface area is 166 Å². The van der Waals surface area contributed by atoms with Gasteiger partial charge in [0.2, 0.25) is 5.91 Å². The van der Waals surface area contributed by atoms with Crippen LogP contribution in [0.2, 0.25) is 5.02 Å². The van der Waals surface area contributed by atoms with Crippen molar-refractivity contribution in [3.63, 3.8) is 0 Å². The lowest BCUT2D eigenvalue weighted by atomic mass is 10.2. The summed E-state index contributed by atoms with van der Waals surface area (Å²) in [5.74, 6) is -0.279. The van der Waals surface area contributed by atoms with E-state index in [1.165, 1.54) is 0 Å². The number of benzene rings is 2. The molecule has 2 amide bonds. The molecule has 0 spiro atoms. The zero-order valence-corrected chi connectivity index (χ0v) is 17.1. The fourth-order valence-electron chi connectivity index (χ4n) is 2.22. The van der Waals surface area contributed by atoms with Crippen LogP contribution in [0.15, 0.2) is 40.9 Å². The lowest BCUT2D eigenvalue weighted by Gasteiger charge is -2.16. The first kappa shape index (κ1) is 20.3. The van der Waals surface area contributed by atoms with Gasteiger partial charge in [-0.15, -0.1) is 0 Å². The highest BCUT2D eigenvalue weighted by molar-refractivity contribution is 9.10. The third-order valence-electron chi connectivity index (χ3n) is 3.65. The number of rotatable bonds is 6. The minimum atomic E-state index is -0.781. The topological polar surface area (TPSA) is 67.4 Å². The van der Waals surface area contributed by atoms with Gasteiger partial charge in [0, 0.05) is 10.2 Å². The van der Waals surface area contributed by atoms with Crippen LogP contribution in [-0.2, 0) is 9.59 Å². The number of halogens is 2. The Morgan fingerprint density at radius 1 is 1.19 bits per heavy atom. The number of ether oxygens (including phenoxy) is 1. The first-order valence-corrected chi connectivity index (χ1v) is 9.20. The van der Waals surface area contributed by atoms with Gasteiger partial charge < -0.3 is 15.4 Å². The minimum absolute atomic E-state index is 0.149. The molecule has 0 radical (unpaired) electrons. The molecule has 0 aromatic heterocycles. The quantitative estimate of drug-likeness (QED) is 0.707. The molecule has 2 N–H and O–H groups in total. The maximum absolute atomic E-state index is 12.1. The van der Waals surface area contributed by atoms with Gasteiger partial charge in [0.15, 0.2) is 6.10 Å². The highest BCUT2D eigenvalue weighted by Gasteiger charge is 2.17. The first-order valence-electron chi connectivity index (χ1n) is 8.03. The average Bonchev–Trinajstić information content (AvgIpc) is 2.58. The number of amides is 2. The number of carbonyl (C=O) groups excluding carboxylic acids is 2. The van der Waals surface area contributed by atoms with Gasteiger partial charge in [-0.2, -0.15) is 0 Å². The fourth-order valence-corrected chi connectivity index (χ4v) is 2.86. The van der Waals surface area contributed by atoms with Crippen molar-refractivity contribution in [3.05, 3.63) is 57.0 Å². The average molecular weight is 440 g/mol. The van der Waals surface area contributed by atoms with E-state index >= 15 is 0 Å². The Hall–Kier alpha value is -2.05. The molecule has 1 atom stereocenters. The maximum atomic E-state index is 12.1. The molecule has 1 unspecified atom stereocenters. The summed E-state index contributed by atoms with van der Waals surface area (Å²) >= 11 is 9.44. The molecule has 0 aliphatic carbocycles. The summed E-state index contributed by atoms with van der Waals surface area (Å²) in [7, 11) is 0. The Bertz CT molecular complexity index is 826. The van der Waals surface area contributed by atoms with E-state index in [9.17, 15) is 9.59 Å². The number of hydrogen-bond acceptors (Lipinski definition) is 3. The molecule has 26 heavy (non-hydrogen) atoms. The first-order chi connectivity index (χ1) is 12.3. The van der Waals surface area contributed by atoms with Gasteiger partial charge in [-0.05, 0) is 62.2 Å². The van der Waals surface area contributed by atoms with Crippen molar-refractivity contribution in [1.82, 2.24) is 5.32 Å². The number of nitrogens with one attached hydrogen (secondary N) is 2. The van der Waals surface area contributed by atoms with Crippen LogP contribution < -0.4 is 15.4 Å². The largest absolute Gasteiger partial charge is 0.479 e. The molecule has 0 aliphatic rings. The Morgan fingerprint density at radius 2 is 1.92 bits per heavy atom. The smallest absolute Gasteiger partial charge is 0.261 e. The van der Waals surface area contributed by atoms with Crippen LogP contribution >= 0.6 is 27.5 Å². The van der Waals surface area contributed by atoms with E-state index in [1.54, 1.807) is 25.1 Å². The van der Waals surface area contributed by atoms with Gasteiger partial charge in [0.05, 0.1) is 11.6 Å². The molecular formula is C19H20BrClN2O3. The van der Waals surface area contributed by atoms with Crippen molar-refractivity contribution in [2.45, 2.75) is 26.9 Å². The molecule has 0 fully saturated rings. The number of hydrogen-bond donors (Lipinski definition) is 2. The van der Waals surface area contributed by atoms with Gasteiger partial charge in [-0.3, -0.25) is 9.59 Å². The zero-order valence-electron chi connectivity index (χ0n) is 14.7. The van der Waals surface area contributed by atoms with Gasteiger partial charge in [-0.25, -0.2) is 0 Å². The number of anilines is 1. The fraction of sp³-hybridized carbons (Fsp3) is 0.263. The van der Waals surface area contributed by atoms with E-state index in [0.29, 0.717) is 16.5 Å².